The molecule has 2 aromatic rings. The van der Waals surface area contributed by atoms with Crippen molar-refractivity contribution < 1.29 is 0 Å². The van der Waals surface area contributed by atoms with Crippen molar-refractivity contribution >= 4 is 5.65 Å². The van der Waals surface area contributed by atoms with E-state index < -0.39 is 0 Å². The summed E-state index contributed by atoms with van der Waals surface area (Å²) in [7, 11) is 0. The third-order valence-corrected chi connectivity index (χ3v) is 3.64. The Morgan fingerprint density at radius 2 is 2.05 bits per heavy atom. The van der Waals surface area contributed by atoms with Crippen LogP contribution in [0.3, 0.4) is 0 Å². The molecule has 0 bridgehead atoms. The fourth-order valence-corrected chi connectivity index (χ4v) is 2.98. The van der Waals surface area contributed by atoms with Crippen molar-refractivity contribution in [3.05, 3.63) is 46.5 Å². The lowest BCUT2D eigenvalue weighted by molar-refractivity contribution is 0.165. The highest BCUT2D eigenvalue weighted by molar-refractivity contribution is 5.37. The first-order valence-corrected chi connectivity index (χ1v) is 7.07. The van der Waals surface area contributed by atoms with E-state index in [0.717, 1.165) is 25.3 Å². The third-order valence-electron chi connectivity index (χ3n) is 3.64. The topological polar surface area (TPSA) is 49.6 Å². The smallest absolute Gasteiger partial charge is 0.258 e. The summed E-state index contributed by atoms with van der Waals surface area (Å²) in [6.07, 6.45) is 1.75. The van der Waals surface area contributed by atoms with Gasteiger partial charge in [0.15, 0.2) is 0 Å². The summed E-state index contributed by atoms with van der Waals surface area (Å²) in [5.74, 6) is 0. The molecule has 2 atom stereocenters. The molecule has 2 aromatic heterocycles. The monoisotopic (exact) mass is 272 g/mol. The van der Waals surface area contributed by atoms with Gasteiger partial charge in [-0.15, -0.1) is 0 Å². The number of aromatic nitrogens is 2. The quantitative estimate of drug-likeness (QED) is 0.881. The second-order valence-corrected chi connectivity index (χ2v) is 5.68. The predicted molar refractivity (Wildman–Crippen MR) is 78.8 cm³/mol. The van der Waals surface area contributed by atoms with Crippen LogP contribution in [-0.4, -0.2) is 39.5 Å². The zero-order valence-corrected chi connectivity index (χ0v) is 11.9. The van der Waals surface area contributed by atoms with Crippen LogP contribution < -0.4 is 10.9 Å². The van der Waals surface area contributed by atoms with Gasteiger partial charge in [-0.3, -0.25) is 14.1 Å². The van der Waals surface area contributed by atoms with E-state index in [1.165, 1.54) is 0 Å². The third kappa shape index (κ3) is 2.73. The van der Waals surface area contributed by atoms with E-state index >= 15 is 0 Å². The number of nitrogens with zero attached hydrogens (tertiary/aromatic N) is 3. The highest BCUT2D eigenvalue weighted by atomic mass is 16.1. The van der Waals surface area contributed by atoms with Crippen molar-refractivity contribution in [1.29, 1.82) is 0 Å². The van der Waals surface area contributed by atoms with Crippen molar-refractivity contribution in [1.82, 2.24) is 19.6 Å². The van der Waals surface area contributed by atoms with Gasteiger partial charge in [0, 0.05) is 44.0 Å². The maximum absolute atomic E-state index is 12.1. The molecule has 1 aliphatic rings. The van der Waals surface area contributed by atoms with Gasteiger partial charge in [-0.1, -0.05) is 6.07 Å². The van der Waals surface area contributed by atoms with E-state index in [0.29, 0.717) is 17.7 Å². The standard InChI is InChI=1S/C15H20N4O/c1-11-8-18(9-12(2)16-11)10-13-7-15(20)19-6-4-3-5-14(19)17-13/h3-7,11-12,16H,8-10H2,1-2H3. The fourth-order valence-electron chi connectivity index (χ4n) is 2.98. The predicted octanol–water partition coefficient (Wildman–Crippen LogP) is 0.877. The molecule has 106 valence electrons. The minimum atomic E-state index is -0.0122. The van der Waals surface area contributed by atoms with Crippen LogP contribution in [0.5, 0.6) is 0 Å². The largest absolute Gasteiger partial charge is 0.309 e. The van der Waals surface area contributed by atoms with Crippen LogP contribution in [-0.2, 0) is 6.54 Å². The van der Waals surface area contributed by atoms with E-state index in [-0.39, 0.29) is 5.56 Å². The maximum atomic E-state index is 12.1. The Hall–Kier alpha value is -1.72. The Bertz CT molecular complexity index is 656. The van der Waals surface area contributed by atoms with Gasteiger partial charge < -0.3 is 5.32 Å². The summed E-state index contributed by atoms with van der Waals surface area (Å²) in [5, 5.41) is 3.51. The number of nitrogens with one attached hydrogen (secondary N) is 1. The lowest BCUT2D eigenvalue weighted by Crippen LogP contribution is -2.53. The molecule has 3 rings (SSSR count). The van der Waals surface area contributed by atoms with Crippen LogP contribution in [0.2, 0.25) is 0 Å². The first-order chi connectivity index (χ1) is 9.61. The molecule has 1 N–H and O–H groups in total. The van der Waals surface area contributed by atoms with Crippen LogP contribution in [0.4, 0.5) is 0 Å². The van der Waals surface area contributed by atoms with Gasteiger partial charge in [0.1, 0.15) is 5.65 Å². The average Bonchev–Trinajstić information content (AvgIpc) is 2.37. The lowest BCUT2D eigenvalue weighted by atomic mass is 10.1. The van der Waals surface area contributed by atoms with Gasteiger partial charge in [0.05, 0.1) is 5.69 Å². The van der Waals surface area contributed by atoms with Crippen LogP contribution >= 0.6 is 0 Å². The molecule has 1 saturated heterocycles. The first-order valence-electron chi connectivity index (χ1n) is 7.07. The molecule has 2 unspecified atom stereocenters. The second-order valence-electron chi connectivity index (χ2n) is 5.68. The van der Waals surface area contributed by atoms with Crippen molar-refractivity contribution in [2.75, 3.05) is 13.1 Å². The van der Waals surface area contributed by atoms with Crippen LogP contribution in [0.1, 0.15) is 19.5 Å². The molecular formula is C15H20N4O. The van der Waals surface area contributed by atoms with Crippen molar-refractivity contribution in [3.8, 4) is 0 Å². The molecule has 1 aliphatic heterocycles. The summed E-state index contributed by atoms with van der Waals surface area (Å²) in [5.41, 5.74) is 1.55. The molecule has 3 heterocycles. The summed E-state index contributed by atoms with van der Waals surface area (Å²) in [4.78, 5) is 19.0. The maximum Gasteiger partial charge on any atom is 0.258 e. The number of piperazine rings is 1. The van der Waals surface area contributed by atoms with Crippen molar-refractivity contribution in [2.24, 2.45) is 0 Å². The number of hydrogen-bond donors (Lipinski definition) is 1. The van der Waals surface area contributed by atoms with Crippen molar-refractivity contribution in [3.63, 3.8) is 0 Å². The highest BCUT2D eigenvalue weighted by Crippen LogP contribution is 2.08. The van der Waals surface area contributed by atoms with E-state index in [4.69, 9.17) is 0 Å². The van der Waals surface area contributed by atoms with Crippen LogP contribution in [0.25, 0.3) is 5.65 Å². The van der Waals surface area contributed by atoms with E-state index in [1.54, 1.807) is 16.7 Å². The minimum absolute atomic E-state index is 0.0122. The fraction of sp³-hybridized carbons (Fsp3) is 0.467. The van der Waals surface area contributed by atoms with Crippen LogP contribution in [0.15, 0.2) is 35.3 Å². The minimum Gasteiger partial charge on any atom is -0.309 e. The molecule has 0 saturated carbocycles. The molecule has 1 fully saturated rings. The lowest BCUT2D eigenvalue weighted by Gasteiger charge is -2.35. The van der Waals surface area contributed by atoms with Crippen molar-refractivity contribution in [2.45, 2.75) is 32.5 Å². The molecule has 0 spiro atoms. The van der Waals surface area contributed by atoms with Gasteiger partial charge >= 0.3 is 0 Å². The highest BCUT2D eigenvalue weighted by Gasteiger charge is 2.21. The van der Waals surface area contributed by atoms with Gasteiger partial charge in [0.2, 0.25) is 0 Å². The number of pyridine rings is 1. The summed E-state index contributed by atoms with van der Waals surface area (Å²) < 4.78 is 1.58. The number of hydrogen-bond acceptors (Lipinski definition) is 4. The Kier molecular flexibility index (Phi) is 3.54. The second kappa shape index (κ2) is 5.34. The van der Waals surface area contributed by atoms with E-state index in [1.807, 2.05) is 18.2 Å². The van der Waals surface area contributed by atoms with Gasteiger partial charge in [-0.2, -0.15) is 0 Å². The van der Waals surface area contributed by atoms with Gasteiger partial charge in [-0.25, -0.2) is 4.98 Å². The normalized spacial score (nSPS) is 24.1. The summed E-state index contributed by atoms with van der Waals surface area (Å²) >= 11 is 0. The molecule has 5 nitrogen and oxygen atoms in total. The summed E-state index contributed by atoms with van der Waals surface area (Å²) in [6.45, 7) is 7.08. The van der Waals surface area contributed by atoms with Gasteiger partial charge in [-0.05, 0) is 26.0 Å². The molecule has 0 radical (unpaired) electrons. The Morgan fingerprint density at radius 3 is 2.80 bits per heavy atom. The van der Waals surface area contributed by atoms with E-state index in [9.17, 15) is 4.79 Å². The molecule has 0 amide bonds. The van der Waals surface area contributed by atoms with Crippen LogP contribution in [0, 0.1) is 0 Å². The molecule has 20 heavy (non-hydrogen) atoms. The molecular weight excluding hydrogens is 252 g/mol. The SMILES string of the molecule is CC1CN(Cc2cc(=O)n3ccccc3n2)CC(C)N1. The zero-order valence-electron chi connectivity index (χ0n) is 11.9. The zero-order chi connectivity index (χ0) is 14.1. The number of rotatable bonds is 2. The Labute approximate surface area is 118 Å². The first kappa shape index (κ1) is 13.3. The Balaban J connectivity index is 1.86. The van der Waals surface area contributed by atoms with Gasteiger partial charge in [0.25, 0.3) is 5.56 Å². The molecule has 0 aliphatic carbocycles. The average molecular weight is 272 g/mol. The summed E-state index contributed by atoms with van der Waals surface area (Å²) in [6, 6.07) is 8.20. The molecule has 0 aromatic carbocycles. The Morgan fingerprint density at radius 1 is 1.30 bits per heavy atom. The van der Waals surface area contributed by atoms with E-state index in [2.05, 4.69) is 29.0 Å². The molecule has 5 heteroatoms. The number of fused-ring (bicyclic) bond motifs is 1.